The van der Waals surface area contributed by atoms with Crippen LogP contribution in [0.25, 0.3) is 0 Å². The summed E-state index contributed by atoms with van der Waals surface area (Å²) in [5.41, 5.74) is 0.976. The van der Waals surface area contributed by atoms with Gasteiger partial charge < -0.3 is 15.2 Å². The predicted octanol–water partition coefficient (Wildman–Crippen LogP) is 1.85. The number of rotatable bonds is 3. The van der Waals surface area contributed by atoms with Crippen molar-refractivity contribution in [2.45, 2.75) is 12.5 Å². The molecule has 0 spiro atoms. The molecule has 0 radical (unpaired) electrons. The highest BCUT2D eigenvalue weighted by molar-refractivity contribution is 5.85. The number of carboxylic acids is 1. The minimum atomic E-state index is -0.738. The maximum Gasteiger partial charge on any atom is 0.308 e. The van der Waals surface area contributed by atoms with E-state index in [4.69, 9.17) is 9.84 Å². The summed E-state index contributed by atoms with van der Waals surface area (Å²) in [4.78, 5) is 11.1. The van der Waals surface area contributed by atoms with Gasteiger partial charge in [-0.25, -0.2) is 0 Å². The summed E-state index contributed by atoms with van der Waals surface area (Å²) in [6, 6.07) is 7.45. The maximum atomic E-state index is 11.1. The minimum Gasteiger partial charge on any atom is -0.497 e. The molecule has 2 rings (SSSR count). The molecule has 4 nitrogen and oxygen atoms in total. The van der Waals surface area contributed by atoms with Gasteiger partial charge in [0.2, 0.25) is 0 Å². The van der Waals surface area contributed by atoms with Gasteiger partial charge in [0.1, 0.15) is 5.75 Å². The van der Waals surface area contributed by atoms with Gasteiger partial charge in [0, 0.05) is 6.04 Å². The Bertz CT molecular complexity index is 397. The van der Waals surface area contributed by atoms with E-state index in [0.717, 1.165) is 17.9 Å². The van der Waals surface area contributed by atoms with E-state index in [9.17, 15) is 4.79 Å². The zero-order chi connectivity index (χ0) is 11.5. The Kier molecular flexibility index (Phi) is 4.78. The number of carboxylic acid groups (broad SMARTS) is 1. The Balaban J connectivity index is 0.00000144. The number of aliphatic carboxylic acids is 1. The van der Waals surface area contributed by atoms with Crippen molar-refractivity contribution in [1.29, 1.82) is 0 Å². The van der Waals surface area contributed by atoms with E-state index < -0.39 is 5.97 Å². The zero-order valence-corrected chi connectivity index (χ0v) is 10.4. The first-order chi connectivity index (χ1) is 7.72. The number of benzene rings is 1. The molecule has 0 aliphatic carbocycles. The first kappa shape index (κ1) is 13.8. The largest absolute Gasteiger partial charge is 0.497 e. The second kappa shape index (κ2) is 5.89. The van der Waals surface area contributed by atoms with Crippen LogP contribution in [0.15, 0.2) is 24.3 Å². The van der Waals surface area contributed by atoms with Crippen molar-refractivity contribution >= 4 is 18.4 Å². The summed E-state index contributed by atoms with van der Waals surface area (Å²) in [5, 5.41) is 12.3. The lowest BCUT2D eigenvalue weighted by molar-refractivity contribution is -0.142. The van der Waals surface area contributed by atoms with Crippen molar-refractivity contribution in [3.63, 3.8) is 0 Å². The van der Waals surface area contributed by atoms with Crippen LogP contribution in [-0.4, -0.2) is 24.7 Å². The normalized spacial score (nSPS) is 22.9. The van der Waals surface area contributed by atoms with Gasteiger partial charge in [0.15, 0.2) is 0 Å². The van der Waals surface area contributed by atoms with Gasteiger partial charge in [-0.3, -0.25) is 4.79 Å². The second-order valence-corrected chi connectivity index (χ2v) is 3.94. The summed E-state index contributed by atoms with van der Waals surface area (Å²) in [6.45, 7) is 0.749. The summed E-state index contributed by atoms with van der Waals surface area (Å²) >= 11 is 0. The third-order valence-electron chi connectivity index (χ3n) is 2.99. The molecule has 0 bridgehead atoms. The Hall–Kier alpha value is -1.26. The van der Waals surface area contributed by atoms with E-state index in [1.807, 2.05) is 24.3 Å². The van der Waals surface area contributed by atoms with Gasteiger partial charge in [-0.1, -0.05) is 12.1 Å². The molecule has 0 unspecified atom stereocenters. The Morgan fingerprint density at radius 1 is 1.53 bits per heavy atom. The van der Waals surface area contributed by atoms with Crippen LogP contribution in [0, 0.1) is 5.92 Å². The van der Waals surface area contributed by atoms with Crippen LogP contribution < -0.4 is 10.1 Å². The second-order valence-electron chi connectivity index (χ2n) is 3.94. The first-order valence-corrected chi connectivity index (χ1v) is 5.32. The molecule has 94 valence electrons. The Labute approximate surface area is 106 Å². The SMILES string of the molecule is COc1cccc([C@@H]2NCC[C@@H]2C(=O)O)c1.Cl. The van der Waals surface area contributed by atoms with Crippen molar-refractivity contribution in [2.24, 2.45) is 5.92 Å². The number of nitrogens with one attached hydrogen (secondary N) is 1. The molecule has 1 heterocycles. The molecule has 2 atom stereocenters. The first-order valence-electron chi connectivity index (χ1n) is 5.32. The van der Waals surface area contributed by atoms with Gasteiger partial charge in [0.25, 0.3) is 0 Å². The van der Waals surface area contributed by atoms with E-state index in [0.29, 0.717) is 6.42 Å². The maximum absolute atomic E-state index is 11.1. The average molecular weight is 258 g/mol. The third kappa shape index (κ3) is 2.90. The van der Waals surface area contributed by atoms with Crippen LogP contribution in [0.3, 0.4) is 0 Å². The number of hydrogen-bond acceptors (Lipinski definition) is 3. The molecule has 5 heteroatoms. The zero-order valence-electron chi connectivity index (χ0n) is 9.55. The lowest BCUT2D eigenvalue weighted by Crippen LogP contribution is -2.23. The summed E-state index contributed by atoms with van der Waals surface area (Å²) in [6.07, 6.45) is 0.678. The van der Waals surface area contributed by atoms with Crippen LogP contribution >= 0.6 is 12.4 Å². The Morgan fingerprint density at radius 3 is 2.94 bits per heavy atom. The number of methoxy groups -OCH3 is 1. The van der Waals surface area contributed by atoms with E-state index in [-0.39, 0.29) is 24.4 Å². The highest BCUT2D eigenvalue weighted by Crippen LogP contribution is 2.31. The monoisotopic (exact) mass is 257 g/mol. The van der Waals surface area contributed by atoms with Gasteiger partial charge in [-0.05, 0) is 30.7 Å². The lowest BCUT2D eigenvalue weighted by atomic mass is 9.94. The molecule has 0 aromatic heterocycles. The highest BCUT2D eigenvalue weighted by Gasteiger charge is 2.33. The molecular formula is C12H16ClNO3. The molecule has 1 aliphatic rings. The fourth-order valence-electron chi connectivity index (χ4n) is 2.15. The molecule has 17 heavy (non-hydrogen) atoms. The lowest BCUT2D eigenvalue weighted by Gasteiger charge is -2.16. The highest BCUT2D eigenvalue weighted by atomic mass is 35.5. The topological polar surface area (TPSA) is 58.6 Å². The van der Waals surface area contributed by atoms with Crippen molar-refractivity contribution < 1.29 is 14.6 Å². The molecule has 1 aromatic rings. The molecule has 1 saturated heterocycles. The van der Waals surface area contributed by atoms with Gasteiger partial charge in [-0.15, -0.1) is 12.4 Å². The number of hydrogen-bond donors (Lipinski definition) is 2. The minimum absolute atomic E-state index is 0. The van der Waals surface area contributed by atoms with Crippen LogP contribution in [0.4, 0.5) is 0 Å². The molecule has 1 aromatic carbocycles. The van der Waals surface area contributed by atoms with Crippen LogP contribution in [0.1, 0.15) is 18.0 Å². The molecule has 0 saturated carbocycles. The molecule has 2 N–H and O–H groups in total. The number of halogens is 1. The van der Waals surface area contributed by atoms with Crippen molar-refractivity contribution in [2.75, 3.05) is 13.7 Å². The molecule has 0 amide bonds. The van der Waals surface area contributed by atoms with Crippen molar-refractivity contribution in [3.8, 4) is 5.75 Å². The van der Waals surface area contributed by atoms with E-state index in [2.05, 4.69) is 5.32 Å². The van der Waals surface area contributed by atoms with Gasteiger partial charge in [0.05, 0.1) is 13.0 Å². The molecular weight excluding hydrogens is 242 g/mol. The number of carbonyl (C=O) groups is 1. The van der Waals surface area contributed by atoms with E-state index in [1.165, 1.54) is 0 Å². The third-order valence-corrected chi connectivity index (χ3v) is 2.99. The number of ether oxygens (including phenoxy) is 1. The average Bonchev–Trinajstić information content (AvgIpc) is 2.78. The molecule has 1 fully saturated rings. The van der Waals surface area contributed by atoms with E-state index in [1.54, 1.807) is 7.11 Å². The summed E-state index contributed by atoms with van der Waals surface area (Å²) in [5.74, 6) is -0.319. The van der Waals surface area contributed by atoms with Crippen LogP contribution in [0.2, 0.25) is 0 Å². The standard InChI is InChI=1S/C12H15NO3.ClH/c1-16-9-4-2-3-8(7-9)11-10(12(14)15)5-6-13-11;/h2-4,7,10-11,13H,5-6H2,1H3,(H,14,15);1H/t10-,11-;/m0./s1. The fraction of sp³-hybridized carbons (Fsp3) is 0.417. The predicted molar refractivity (Wildman–Crippen MR) is 66.7 cm³/mol. The van der Waals surface area contributed by atoms with Crippen LogP contribution in [0.5, 0.6) is 5.75 Å². The van der Waals surface area contributed by atoms with Crippen molar-refractivity contribution in [1.82, 2.24) is 5.32 Å². The van der Waals surface area contributed by atoms with E-state index >= 15 is 0 Å². The fourth-order valence-corrected chi connectivity index (χ4v) is 2.15. The van der Waals surface area contributed by atoms with Gasteiger partial charge >= 0.3 is 5.97 Å². The van der Waals surface area contributed by atoms with Crippen molar-refractivity contribution in [3.05, 3.63) is 29.8 Å². The smallest absolute Gasteiger partial charge is 0.308 e. The Morgan fingerprint density at radius 2 is 2.29 bits per heavy atom. The van der Waals surface area contributed by atoms with Crippen LogP contribution in [-0.2, 0) is 4.79 Å². The van der Waals surface area contributed by atoms with Gasteiger partial charge in [-0.2, -0.15) is 0 Å². The quantitative estimate of drug-likeness (QED) is 0.868. The molecule has 1 aliphatic heterocycles. The summed E-state index contributed by atoms with van der Waals surface area (Å²) < 4.78 is 5.13. The summed E-state index contributed by atoms with van der Waals surface area (Å²) in [7, 11) is 1.61.